The van der Waals surface area contributed by atoms with Crippen molar-refractivity contribution in [3.8, 4) is 11.5 Å². The molecule has 0 saturated carbocycles. The Labute approximate surface area is 246 Å². The van der Waals surface area contributed by atoms with E-state index in [4.69, 9.17) is 37.4 Å². The topological polar surface area (TPSA) is 114 Å². The van der Waals surface area contributed by atoms with Crippen LogP contribution in [0.3, 0.4) is 0 Å². The SMILES string of the molecule is CC(C)(C)OC(=O)N1Cc2cc3c(cc2C[C@H]1C(=O)O)NC(=O)[C@@H](c1ccc(OCc2ccc(Cl)c(Cl)c2)cc1)O3. The lowest BCUT2D eigenvalue weighted by atomic mass is 9.92. The first kappa shape index (κ1) is 28.6. The number of nitrogens with zero attached hydrogens (tertiary/aromatic N) is 1. The zero-order chi connectivity index (χ0) is 29.5. The molecule has 2 atom stereocenters. The third kappa shape index (κ3) is 6.36. The normalized spacial score (nSPS) is 18.0. The Morgan fingerprint density at radius 1 is 1.05 bits per heavy atom. The molecular weight excluding hydrogens is 571 g/mol. The summed E-state index contributed by atoms with van der Waals surface area (Å²) >= 11 is 12.0. The van der Waals surface area contributed by atoms with Gasteiger partial charge in [-0.3, -0.25) is 9.69 Å². The predicted octanol–water partition coefficient (Wildman–Crippen LogP) is 6.39. The minimum absolute atomic E-state index is 0.0291. The van der Waals surface area contributed by atoms with Crippen LogP contribution in [-0.2, 0) is 33.9 Å². The Kier molecular flexibility index (Phi) is 7.76. The van der Waals surface area contributed by atoms with Crippen molar-refractivity contribution >= 4 is 46.9 Å². The molecule has 5 rings (SSSR count). The summed E-state index contributed by atoms with van der Waals surface area (Å²) in [7, 11) is 0. The lowest BCUT2D eigenvalue weighted by molar-refractivity contribution is -0.143. The molecule has 0 aliphatic carbocycles. The highest BCUT2D eigenvalue weighted by Crippen LogP contribution is 2.40. The average Bonchev–Trinajstić information content (AvgIpc) is 2.91. The van der Waals surface area contributed by atoms with Crippen LogP contribution < -0.4 is 14.8 Å². The fourth-order valence-corrected chi connectivity index (χ4v) is 5.00. The minimum Gasteiger partial charge on any atom is -0.489 e. The van der Waals surface area contributed by atoms with Crippen LogP contribution in [0.25, 0.3) is 0 Å². The number of ether oxygens (including phenoxy) is 3. The van der Waals surface area contributed by atoms with Gasteiger partial charge in [0.2, 0.25) is 6.10 Å². The fourth-order valence-electron chi connectivity index (χ4n) is 4.68. The van der Waals surface area contributed by atoms with Crippen molar-refractivity contribution in [2.75, 3.05) is 5.32 Å². The summed E-state index contributed by atoms with van der Waals surface area (Å²) in [6.07, 6.45) is -1.55. The van der Waals surface area contributed by atoms with Crippen molar-refractivity contribution in [1.82, 2.24) is 4.90 Å². The maximum Gasteiger partial charge on any atom is 0.411 e. The molecule has 41 heavy (non-hydrogen) atoms. The molecule has 2 N–H and O–H groups in total. The molecule has 3 aromatic carbocycles. The highest BCUT2D eigenvalue weighted by atomic mass is 35.5. The highest BCUT2D eigenvalue weighted by Gasteiger charge is 2.39. The van der Waals surface area contributed by atoms with Crippen LogP contribution in [-0.4, -0.2) is 39.6 Å². The number of nitrogens with one attached hydrogen (secondary N) is 1. The second kappa shape index (κ2) is 11.1. The Balaban J connectivity index is 1.32. The summed E-state index contributed by atoms with van der Waals surface area (Å²) in [5.74, 6) is -0.473. The molecular formula is C30H28Cl2N2O7. The molecule has 3 aromatic rings. The van der Waals surface area contributed by atoms with Crippen LogP contribution in [0.2, 0.25) is 10.0 Å². The maximum absolute atomic E-state index is 13.0. The van der Waals surface area contributed by atoms with Crippen molar-refractivity contribution in [2.24, 2.45) is 0 Å². The number of rotatable bonds is 5. The first-order chi connectivity index (χ1) is 19.4. The third-order valence-electron chi connectivity index (χ3n) is 6.66. The molecule has 2 aliphatic heterocycles. The average molecular weight is 599 g/mol. The number of carbonyl (C=O) groups is 3. The van der Waals surface area contributed by atoms with Crippen molar-refractivity contribution in [2.45, 2.75) is 58.1 Å². The fraction of sp³-hybridized carbons (Fsp3) is 0.300. The summed E-state index contributed by atoms with van der Waals surface area (Å²) in [4.78, 5) is 39.0. The second-order valence-electron chi connectivity index (χ2n) is 10.9. The van der Waals surface area contributed by atoms with E-state index < -0.39 is 29.8 Å². The van der Waals surface area contributed by atoms with Gasteiger partial charge in [-0.2, -0.15) is 0 Å². The van der Waals surface area contributed by atoms with E-state index in [1.165, 1.54) is 4.90 Å². The summed E-state index contributed by atoms with van der Waals surface area (Å²) in [6.45, 7) is 5.49. The van der Waals surface area contributed by atoms with Gasteiger partial charge in [-0.05, 0) is 73.9 Å². The van der Waals surface area contributed by atoms with Crippen molar-refractivity contribution < 1.29 is 33.7 Å². The molecule has 2 aliphatic rings. The van der Waals surface area contributed by atoms with Gasteiger partial charge in [0.05, 0.1) is 22.3 Å². The van der Waals surface area contributed by atoms with Gasteiger partial charge in [0.1, 0.15) is 29.7 Å². The van der Waals surface area contributed by atoms with E-state index in [0.29, 0.717) is 43.9 Å². The van der Waals surface area contributed by atoms with Crippen LogP contribution in [0.4, 0.5) is 10.5 Å². The molecule has 0 radical (unpaired) electrons. The van der Waals surface area contributed by atoms with Crippen molar-refractivity contribution in [1.29, 1.82) is 0 Å². The second-order valence-corrected chi connectivity index (χ2v) is 11.7. The number of carboxylic acid groups (broad SMARTS) is 1. The quantitative estimate of drug-likeness (QED) is 0.349. The number of carbonyl (C=O) groups excluding carboxylic acids is 2. The van der Waals surface area contributed by atoms with E-state index in [1.807, 2.05) is 6.07 Å². The molecule has 2 heterocycles. The molecule has 0 spiro atoms. The van der Waals surface area contributed by atoms with Gasteiger partial charge in [-0.25, -0.2) is 9.59 Å². The summed E-state index contributed by atoms with van der Waals surface area (Å²) in [5.41, 5.74) is 2.57. The molecule has 2 amide bonds. The van der Waals surface area contributed by atoms with Gasteiger partial charge < -0.3 is 24.6 Å². The van der Waals surface area contributed by atoms with E-state index in [9.17, 15) is 19.5 Å². The number of aliphatic carboxylic acids is 1. The number of hydrogen-bond acceptors (Lipinski definition) is 6. The van der Waals surface area contributed by atoms with Gasteiger partial charge in [0.15, 0.2) is 0 Å². The van der Waals surface area contributed by atoms with Crippen LogP contribution in [0.1, 0.15) is 49.1 Å². The van der Waals surface area contributed by atoms with E-state index in [0.717, 1.165) is 5.56 Å². The van der Waals surface area contributed by atoms with E-state index >= 15 is 0 Å². The van der Waals surface area contributed by atoms with Crippen LogP contribution in [0.5, 0.6) is 11.5 Å². The number of hydrogen-bond donors (Lipinski definition) is 2. The van der Waals surface area contributed by atoms with Gasteiger partial charge in [-0.15, -0.1) is 0 Å². The molecule has 0 bridgehead atoms. The summed E-state index contributed by atoms with van der Waals surface area (Å²) in [5, 5.41) is 13.6. The predicted molar refractivity (Wildman–Crippen MR) is 153 cm³/mol. The number of halogens is 2. The van der Waals surface area contributed by atoms with Gasteiger partial charge in [0.25, 0.3) is 5.91 Å². The molecule has 11 heteroatoms. The monoisotopic (exact) mass is 598 g/mol. The number of fused-ring (bicyclic) bond motifs is 2. The Morgan fingerprint density at radius 3 is 2.44 bits per heavy atom. The number of carboxylic acids is 1. The smallest absolute Gasteiger partial charge is 0.411 e. The standard InChI is InChI=1S/C30H28Cl2N2O7/c1-30(2,3)41-29(38)34-14-19-13-25-23(11-18(19)12-24(34)28(36)37)33-27(35)26(40-25)17-5-7-20(8-6-17)39-15-16-4-9-21(31)22(32)10-16/h4-11,13,24,26H,12,14-15H2,1-3H3,(H,33,35)(H,36,37)/t24-,26+/m0/s1. The zero-order valence-corrected chi connectivity index (χ0v) is 24.1. The molecule has 0 fully saturated rings. The third-order valence-corrected chi connectivity index (χ3v) is 7.40. The van der Waals surface area contributed by atoms with E-state index in [-0.39, 0.29) is 25.5 Å². The Bertz CT molecular complexity index is 1520. The number of benzene rings is 3. The Morgan fingerprint density at radius 2 is 1.78 bits per heavy atom. The molecule has 214 valence electrons. The van der Waals surface area contributed by atoms with Gasteiger partial charge in [-0.1, -0.05) is 41.4 Å². The van der Waals surface area contributed by atoms with Crippen LogP contribution in [0.15, 0.2) is 54.6 Å². The first-order valence-electron chi connectivity index (χ1n) is 12.9. The zero-order valence-electron chi connectivity index (χ0n) is 22.6. The van der Waals surface area contributed by atoms with E-state index in [2.05, 4.69) is 5.32 Å². The van der Waals surface area contributed by atoms with E-state index in [1.54, 1.807) is 69.3 Å². The first-order valence-corrected chi connectivity index (χ1v) is 13.7. The molecule has 9 nitrogen and oxygen atoms in total. The van der Waals surface area contributed by atoms with Crippen molar-refractivity contribution in [3.63, 3.8) is 0 Å². The number of amides is 2. The molecule has 0 unspecified atom stereocenters. The van der Waals surface area contributed by atoms with Gasteiger partial charge in [0, 0.05) is 12.0 Å². The molecule has 0 aromatic heterocycles. The van der Waals surface area contributed by atoms with Crippen LogP contribution in [0, 0.1) is 0 Å². The maximum atomic E-state index is 13.0. The van der Waals surface area contributed by atoms with Gasteiger partial charge >= 0.3 is 12.1 Å². The largest absolute Gasteiger partial charge is 0.489 e. The minimum atomic E-state index is -1.14. The lowest BCUT2D eigenvalue weighted by Crippen LogP contribution is -2.50. The summed E-state index contributed by atoms with van der Waals surface area (Å²) < 4.78 is 17.4. The Hall–Kier alpha value is -3.95. The molecule has 0 saturated heterocycles. The summed E-state index contributed by atoms with van der Waals surface area (Å²) in [6, 6.07) is 14.6. The van der Waals surface area contributed by atoms with Crippen molar-refractivity contribution in [3.05, 3.63) is 86.9 Å². The highest BCUT2D eigenvalue weighted by molar-refractivity contribution is 6.42. The number of anilines is 1. The lowest BCUT2D eigenvalue weighted by Gasteiger charge is -2.36. The van der Waals surface area contributed by atoms with Crippen LogP contribution >= 0.6 is 23.2 Å².